The Labute approximate surface area is 119 Å². The Bertz CT molecular complexity index is 362. The first-order chi connectivity index (χ1) is 8.88. The minimum atomic E-state index is 0.229. The van der Waals surface area contributed by atoms with Gasteiger partial charge in [-0.3, -0.25) is 0 Å². The van der Waals surface area contributed by atoms with E-state index in [0.29, 0.717) is 6.04 Å². The number of hydrogen-bond acceptors (Lipinski definition) is 2. The average Bonchev–Trinajstić information content (AvgIpc) is 2.37. The molecule has 0 bridgehead atoms. The van der Waals surface area contributed by atoms with Crippen LogP contribution in [0.5, 0.6) is 0 Å². The second-order valence-electron chi connectivity index (χ2n) is 6.34. The molecule has 0 saturated heterocycles. The lowest BCUT2D eigenvalue weighted by atomic mass is 9.86. The van der Waals surface area contributed by atoms with Gasteiger partial charge in [-0.15, -0.1) is 0 Å². The van der Waals surface area contributed by atoms with Crippen LogP contribution in [0.3, 0.4) is 0 Å². The monoisotopic (exact) mass is 262 g/mol. The van der Waals surface area contributed by atoms with E-state index in [-0.39, 0.29) is 5.41 Å². The third kappa shape index (κ3) is 4.96. The van der Waals surface area contributed by atoms with Gasteiger partial charge in [-0.05, 0) is 36.7 Å². The summed E-state index contributed by atoms with van der Waals surface area (Å²) < 4.78 is 0. The van der Waals surface area contributed by atoms with E-state index >= 15 is 0 Å². The molecule has 0 aliphatic carbocycles. The van der Waals surface area contributed by atoms with Crippen molar-refractivity contribution in [3.63, 3.8) is 0 Å². The fourth-order valence-electron chi connectivity index (χ4n) is 2.19. The van der Waals surface area contributed by atoms with Crippen molar-refractivity contribution in [1.29, 1.82) is 0 Å². The van der Waals surface area contributed by atoms with Crippen molar-refractivity contribution in [2.75, 3.05) is 26.7 Å². The topological polar surface area (TPSA) is 15.3 Å². The maximum Gasteiger partial charge on any atom is 0.0449 e. The fourth-order valence-corrected chi connectivity index (χ4v) is 2.19. The van der Waals surface area contributed by atoms with Gasteiger partial charge in [-0.1, -0.05) is 58.9 Å². The number of nitrogens with one attached hydrogen (secondary N) is 1. The first-order valence-corrected chi connectivity index (χ1v) is 7.40. The molecule has 0 radical (unpaired) electrons. The van der Waals surface area contributed by atoms with Gasteiger partial charge in [0.2, 0.25) is 0 Å². The number of hydrogen-bond donors (Lipinski definition) is 1. The molecule has 1 unspecified atom stereocenters. The summed E-state index contributed by atoms with van der Waals surface area (Å²) in [7, 11) is 2.17. The van der Waals surface area contributed by atoms with Gasteiger partial charge in [0.1, 0.15) is 0 Å². The Morgan fingerprint density at radius 3 is 2.11 bits per heavy atom. The first-order valence-electron chi connectivity index (χ1n) is 7.40. The summed E-state index contributed by atoms with van der Waals surface area (Å²) in [6.07, 6.45) is 0. The lowest BCUT2D eigenvalue weighted by Crippen LogP contribution is -2.33. The van der Waals surface area contributed by atoms with E-state index < -0.39 is 0 Å². The molecule has 1 rings (SSSR count). The molecule has 1 N–H and O–H groups in total. The fraction of sp³-hybridized carbons (Fsp3) is 0.647. The van der Waals surface area contributed by atoms with Crippen LogP contribution in [0.15, 0.2) is 24.3 Å². The van der Waals surface area contributed by atoms with Crippen molar-refractivity contribution in [1.82, 2.24) is 10.2 Å². The number of benzene rings is 1. The summed E-state index contributed by atoms with van der Waals surface area (Å²) in [6, 6.07) is 9.51. The molecule has 1 aromatic rings. The Morgan fingerprint density at radius 1 is 1.11 bits per heavy atom. The highest BCUT2D eigenvalue weighted by Crippen LogP contribution is 2.24. The van der Waals surface area contributed by atoms with Crippen LogP contribution in [0.1, 0.15) is 51.8 Å². The molecular weight excluding hydrogens is 232 g/mol. The summed E-state index contributed by atoms with van der Waals surface area (Å²) in [5.74, 6) is 0. The molecule has 0 fully saturated rings. The third-order valence-corrected chi connectivity index (χ3v) is 3.66. The van der Waals surface area contributed by atoms with Crippen LogP contribution in [0, 0.1) is 0 Å². The highest BCUT2D eigenvalue weighted by atomic mass is 15.1. The van der Waals surface area contributed by atoms with Gasteiger partial charge in [-0.25, -0.2) is 0 Å². The van der Waals surface area contributed by atoms with Crippen LogP contribution in [0.25, 0.3) is 0 Å². The van der Waals surface area contributed by atoms with Crippen molar-refractivity contribution < 1.29 is 0 Å². The van der Waals surface area contributed by atoms with Gasteiger partial charge in [0.25, 0.3) is 0 Å². The molecule has 2 heteroatoms. The Hall–Kier alpha value is -0.860. The largest absolute Gasteiger partial charge is 0.309 e. The van der Waals surface area contributed by atoms with Crippen LogP contribution < -0.4 is 5.32 Å². The van der Waals surface area contributed by atoms with Crippen molar-refractivity contribution in [2.24, 2.45) is 0 Å². The van der Waals surface area contributed by atoms with Crippen LogP contribution in [-0.2, 0) is 5.41 Å². The Kier molecular flexibility index (Phi) is 6.02. The molecule has 0 heterocycles. The zero-order chi connectivity index (χ0) is 14.5. The molecule has 1 aromatic carbocycles. The smallest absolute Gasteiger partial charge is 0.0449 e. The highest BCUT2D eigenvalue weighted by molar-refractivity contribution is 5.29. The molecule has 2 nitrogen and oxygen atoms in total. The number of nitrogens with zero attached hydrogens (tertiary/aromatic N) is 1. The van der Waals surface area contributed by atoms with E-state index in [2.05, 4.69) is 76.1 Å². The van der Waals surface area contributed by atoms with Crippen LogP contribution in [0.4, 0.5) is 0 Å². The van der Waals surface area contributed by atoms with Crippen molar-refractivity contribution in [3.05, 3.63) is 35.4 Å². The van der Waals surface area contributed by atoms with E-state index in [1.807, 2.05) is 0 Å². The van der Waals surface area contributed by atoms with Gasteiger partial charge in [0.05, 0.1) is 0 Å². The zero-order valence-electron chi connectivity index (χ0n) is 13.5. The molecule has 0 aromatic heterocycles. The first kappa shape index (κ1) is 16.2. The number of rotatable bonds is 6. The van der Waals surface area contributed by atoms with Gasteiger partial charge in [0, 0.05) is 12.6 Å². The lowest BCUT2D eigenvalue weighted by molar-refractivity contribution is 0.305. The second kappa shape index (κ2) is 7.06. The van der Waals surface area contributed by atoms with Gasteiger partial charge in [0.15, 0.2) is 0 Å². The van der Waals surface area contributed by atoms with Gasteiger partial charge >= 0.3 is 0 Å². The van der Waals surface area contributed by atoms with Crippen LogP contribution in [0.2, 0.25) is 0 Å². The third-order valence-electron chi connectivity index (χ3n) is 3.66. The Morgan fingerprint density at radius 2 is 1.68 bits per heavy atom. The predicted molar refractivity (Wildman–Crippen MR) is 84.7 cm³/mol. The molecule has 0 saturated carbocycles. The normalized spacial score (nSPS) is 13.8. The van der Waals surface area contributed by atoms with Gasteiger partial charge in [-0.2, -0.15) is 0 Å². The maximum absolute atomic E-state index is 3.58. The summed E-state index contributed by atoms with van der Waals surface area (Å²) in [5, 5.41) is 3.58. The Balaban J connectivity index is 2.85. The lowest BCUT2D eigenvalue weighted by Gasteiger charge is -2.25. The summed E-state index contributed by atoms with van der Waals surface area (Å²) in [5.41, 5.74) is 3.01. The van der Waals surface area contributed by atoms with E-state index in [0.717, 1.165) is 19.6 Å². The standard InChI is InChI=1S/C17H30N2/c1-7-18-16(13-19(6)8-2)14-9-11-15(12-10-14)17(3,4)5/h9-12,16,18H,7-8,13H2,1-6H3. The SMILES string of the molecule is CCNC(CN(C)CC)c1ccc(C(C)(C)C)cc1. The average molecular weight is 262 g/mol. The maximum atomic E-state index is 3.58. The number of likely N-dealkylation sites (N-methyl/N-ethyl adjacent to an activating group) is 2. The van der Waals surface area contributed by atoms with Crippen molar-refractivity contribution >= 4 is 0 Å². The van der Waals surface area contributed by atoms with E-state index in [9.17, 15) is 0 Å². The molecule has 108 valence electrons. The minimum Gasteiger partial charge on any atom is -0.309 e. The highest BCUT2D eigenvalue weighted by Gasteiger charge is 2.16. The molecule has 19 heavy (non-hydrogen) atoms. The summed E-state index contributed by atoms with van der Waals surface area (Å²) >= 11 is 0. The molecule has 0 aliphatic rings. The zero-order valence-corrected chi connectivity index (χ0v) is 13.5. The van der Waals surface area contributed by atoms with E-state index in [1.54, 1.807) is 0 Å². The molecule has 0 spiro atoms. The second-order valence-corrected chi connectivity index (χ2v) is 6.34. The minimum absolute atomic E-state index is 0.229. The predicted octanol–water partition coefficient (Wildman–Crippen LogP) is 3.59. The van der Waals surface area contributed by atoms with Crippen LogP contribution >= 0.6 is 0 Å². The van der Waals surface area contributed by atoms with E-state index in [4.69, 9.17) is 0 Å². The van der Waals surface area contributed by atoms with Crippen molar-refractivity contribution in [2.45, 2.75) is 46.1 Å². The van der Waals surface area contributed by atoms with Gasteiger partial charge < -0.3 is 10.2 Å². The van der Waals surface area contributed by atoms with Crippen molar-refractivity contribution in [3.8, 4) is 0 Å². The molecule has 1 atom stereocenters. The summed E-state index contributed by atoms with van der Waals surface area (Å²) in [4.78, 5) is 2.35. The van der Waals surface area contributed by atoms with Crippen LogP contribution in [-0.4, -0.2) is 31.6 Å². The molecule has 0 amide bonds. The molecule has 0 aliphatic heterocycles. The summed E-state index contributed by atoms with van der Waals surface area (Å²) in [6.45, 7) is 14.3. The van der Waals surface area contributed by atoms with E-state index in [1.165, 1.54) is 11.1 Å². The molecular formula is C17H30N2. The quantitative estimate of drug-likeness (QED) is 0.843.